The van der Waals surface area contributed by atoms with Gasteiger partial charge < -0.3 is 5.32 Å². The molecule has 1 unspecified atom stereocenters. The van der Waals surface area contributed by atoms with Crippen molar-refractivity contribution in [2.75, 3.05) is 6.54 Å². The van der Waals surface area contributed by atoms with Crippen molar-refractivity contribution in [2.24, 2.45) is 5.92 Å². The van der Waals surface area contributed by atoms with E-state index in [2.05, 4.69) is 12.2 Å². The van der Waals surface area contributed by atoms with Crippen LogP contribution in [0.3, 0.4) is 0 Å². The highest BCUT2D eigenvalue weighted by Crippen LogP contribution is 2.35. The summed E-state index contributed by atoms with van der Waals surface area (Å²) in [6.07, 6.45) is 7.46. The average molecular weight is 300 g/mol. The van der Waals surface area contributed by atoms with Crippen molar-refractivity contribution in [3.63, 3.8) is 0 Å². The molecule has 0 amide bonds. The monoisotopic (exact) mass is 299 g/mol. The Balaban J connectivity index is 1.79. The van der Waals surface area contributed by atoms with Gasteiger partial charge in [0, 0.05) is 16.1 Å². The van der Waals surface area contributed by atoms with E-state index in [9.17, 15) is 0 Å². The SMILES string of the molecule is CCCNC(CCCc1cc(Cl)ccc1Cl)C1CC1. The maximum atomic E-state index is 6.20. The Morgan fingerprint density at radius 1 is 1.32 bits per heavy atom. The van der Waals surface area contributed by atoms with Crippen LogP contribution in [-0.2, 0) is 6.42 Å². The summed E-state index contributed by atoms with van der Waals surface area (Å²) in [5.74, 6) is 0.918. The Hall–Kier alpha value is -0.240. The third-order valence-corrected chi connectivity index (χ3v) is 4.42. The van der Waals surface area contributed by atoms with E-state index in [1.165, 1.54) is 37.7 Å². The van der Waals surface area contributed by atoms with Gasteiger partial charge in [-0.2, -0.15) is 0 Å². The van der Waals surface area contributed by atoms with Gasteiger partial charge in [0.05, 0.1) is 0 Å². The van der Waals surface area contributed by atoms with Crippen LogP contribution in [0.4, 0.5) is 0 Å². The van der Waals surface area contributed by atoms with Gasteiger partial charge in [0.15, 0.2) is 0 Å². The first-order chi connectivity index (χ1) is 9.20. The minimum atomic E-state index is 0.706. The molecule has 1 saturated carbocycles. The molecule has 1 N–H and O–H groups in total. The molecular weight excluding hydrogens is 277 g/mol. The fourth-order valence-electron chi connectivity index (χ4n) is 2.58. The smallest absolute Gasteiger partial charge is 0.0439 e. The Morgan fingerprint density at radius 3 is 2.79 bits per heavy atom. The topological polar surface area (TPSA) is 12.0 Å². The van der Waals surface area contributed by atoms with Crippen molar-refractivity contribution >= 4 is 23.2 Å². The van der Waals surface area contributed by atoms with Crippen LogP contribution >= 0.6 is 23.2 Å². The summed E-state index contributed by atoms with van der Waals surface area (Å²) < 4.78 is 0. The minimum Gasteiger partial charge on any atom is -0.314 e. The molecule has 106 valence electrons. The van der Waals surface area contributed by atoms with Crippen LogP contribution in [0.2, 0.25) is 10.0 Å². The van der Waals surface area contributed by atoms with Crippen LogP contribution < -0.4 is 5.32 Å². The highest BCUT2D eigenvalue weighted by atomic mass is 35.5. The molecular formula is C16H23Cl2N. The van der Waals surface area contributed by atoms with Crippen molar-refractivity contribution in [1.82, 2.24) is 5.32 Å². The summed E-state index contributed by atoms with van der Waals surface area (Å²) in [4.78, 5) is 0. The van der Waals surface area contributed by atoms with Gasteiger partial charge in [0.2, 0.25) is 0 Å². The summed E-state index contributed by atoms with van der Waals surface area (Å²) in [7, 11) is 0. The lowest BCUT2D eigenvalue weighted by Gasteiger charge is -2.18. The number of benzene rings is 1. The van der Waals surface area contributed by atoms with Crippen molar-refractivity contribution in [2.45, 2.75) is 51.5 Å². The van der Waals surface area contributed by atoms with Crippen LogP contribution in [-0.4, -0.2) is 12.6 Å². The van der Waals surface area contributed by atoms with Crippen LogP contribution in [0.1, 0.15) is 44.6 Å². The summed E-state index contributed by atoms with van der Waals surface area (Å²) >= 11 is 12.2. The molecule has 0 radical (unpaired) electrons. The zero-order valence-electron chi connectivity index (χ0n) is 11.6. The van der Waals surface area contributed by atoms with Crippen molar-refractivity contribution in [3.05, 3.63) is 33.8 Å². The van der Waals surface area contributed by atoms with Gasteiger partial charge >= 0.3 is 0 Å². The van der Waals surface area contributed by atoms with E-state index < -0.39 is 0 Å². The third kappa shape index (κ3) is 4.98. The number of rotatable bonds is 8. The molecule has 0 bridgehead atoms. The number of nitrogens with one attached hydrogen (secondary N) is 1. The summed E-state index contributed by atoms with van der Waals surface area (Å²) in [5, 5.41) is 5.31. The van der Waals surface area contributed by atoms with Gasteiger partial charge in [-0.15, -0.1) is 0 Å². The van der Waals surface area contributed by atoms with Gasteiger partial charge in [0.25, 0.3) is 0 Å². The second-order valence-corrected chi connectivity index (χ2v) is 6.37. The van der Waals surface area contributed by atoms with Crippen LogP contribution in [0.5, 0.6) is 0 Å². The quantitative estimate of drug-likeness (QED) is 0.704. The maximum absolute atomic E-state index is 6.20. The molecule has 1 aliphatic carbocycles. The van der Waals surface area contributed by atoms with Gasteiger partial charge in [-0.1, -0.05) is 30.1 Å². The van der Waals surface area contributed by atoms with Crippen LogP contribution in [0.25, 0.3) is 0 Å². The van der Waals surface area contributed by atoms with Gasteiger partial charge in [-0.25, -0.2) is 0 Å². The lowest BCUT2D eigenvalue weighted by atomic mass is 10.0. The minimum absolute atomic E-state index is 0.706. The zero-order valence-corrected chi connectivity index (χ0v) is 13.1. The van der Waals surface area contributed by atoms with Crippen molar-refractivity contribution in [3.8, 4) is 0 Å². The molecule has 0 aromatic heterocycles. The summed E-state index contributed by atoms with van der Waals surface area (Å²) in [6, 6.07) is 6.45. The largest absolute Gasteiger partial charge is 0.314 e. The standard InChI is InChI=1S/C16H23Cl2N/c1-2-10-19-16(12-6-7-12)5-3-4-13-11-14(17)8-9-15(13)18/h8-9,11-12,16,19H,2-7,10H2,1H3. The van der Waals surface area contributed by atoms with E-state index >= 15 is 0 Å². The second kappa shape index (κ2) is 7.52. The number of halogens is 2. The van der Waals surface area contributed by atoms with E-state index in [4.69, 9.17) is 23.2 Å². The first kappa shape index (κ1) is 15.2. The Bertz CT molecular complexity index is 402. The second-order valence-electron chi connectivity index (χ2n) is 5.53. The molecule has 0 heterocycles. The molecule has 19 heavy (non-hydrogen) atoms. The van der Waals surface area contributed by atoms with Crippen molar-refractivity contribution in [1.29, 1.82) is 0 Å². The molecule has 2 rings (SSSR count). The maximum Gasteiger partial charge on any atom is 0.0439 e. The van der Waals surface area contributed by atoms with Crippen LogP contribution in [0.15, 0.2) is 18.2 Å². The molecule has 0 spiro atoms. The first-order valence-electron chi connectivity index (χ1n) is 7.38. The highest BCUT2D eigenvalue weighted by molar-refractivity contribution is 6.33. The lowest BCUT2D eigenvalue weighted by Crippen LogP contribution is -2.31. The Morgan fingerprint density at radius 2 is 2.11 bits per heavy atom. The molecule has 1 fully saturated rings. The van der Waals surface area contributed by atoms with Gasteiger partial charge in [-0.05, 0) is 74.8 Å². The van der Waals surface area contributed by atoms with E-state index in [0.29, 0.717) is 6.04 Å². The number of hydrogen-bond donors (Lipinski definition) is 1. The average Bonchev–Trinajstić information content (AvgIpc) is 3.22. The Kier molecular flexibility index (Phi) is 6.00. The zero-order chi connectivity index (χ0) is 13.7. The molecule has 0 saturated heterocycles. The van der Waals surface area contributed by atoms with Crippen LogP contribution in [0, 0.1) is 5.92 Å². The predicted octanol–water partition coefficient (Wildman–Crippen LogP) is 5.09. The third-order valence-electron chi connectivity index (χ3n) is 3.82. The molecule has 0 aliphatic heterocycles. The number of hydrogen-bond acceptors (Lipinski definition) is 1. The Labute approximate surface area is 126 Å². The van der Waals surface area contributed by atoms with E-state index in [-0.39, 0.29) is 0 Å². The fraction of sp³-hybridized carbons (Fsp3) is 0.625. The van der Waals surface area contributed by atoms with E-state index in [1.807, 2.05) is 18.2 Å². The highest BCUT2D eigenvalue weighted by Gasteiger charge is 2.30. The lowest BCUT2D eigenvalue weighted by molar-refractivity contribution is 0.425. The van der Waals surface area contributed by atoms with E-state index in [0.717, 1.165) is 28.9 Å². The summed E-state index contributed by atoms with van der Waals surface area (Å²) in [5.41, 5.74) is 1.18. The molecule has 1 aliphatic rings. The molecule has 1 aromatic rings. The van der Waals surface area contributed by atoms with Crippen molar-refractivity contribution < 1.29 is 0 Å². The van der Waals surface area contributed by atoms with Gasteiger partial charge in [-0.3, -0.25) is 0 Å². The summed E-state index contributed by atoms with van der Waals surface area (Å²) in [6.45, 7) is 3.36. The van der Waals surface area contributed by atoms with E-state index in [1.54, 1.807) is 0 Å². The molecule has 1 aromatic carbocycles. The number of aryl methyl sites for hydroxylation is 1. The first-order valence-corrected chi connectivity index (χ1v) is 8.13. The van der Waals surface area contributed by atoms with Gasteiger partial charge in [0.1, 0.15) is 0 Å². The molecule has 1 atom stereocenters. The molecule has 1 nitrogen and oxygen atoms in total. The normalized spacial score (nSPS) is 16.6. The molecule has 3 heteroatoms. The predicted molar refractivity (Wildman–Crippen MR) is 84.2 cm³/mol. The fourth-order valence-corrected chi connectivity index (χ4v) is 2.99.